The summed E-state index contributed by atoms with van der Waals surface area (Å²) >= 11 is 5.83. The van der Waals surface area contributed by atoms with E-state index in [-0.39, 0.29) is 21.3 Å². The van der Waals surface area contributed by atoms with Crippen LogP contribution >= 0.6 is 22.3 Å². The number of anilines is 2. The molecule has 0 bridgehead atoms. The minimum atomic E-state index is -3.99. The molecule has 0 aliphatic rings. The highest BCUT2D eigenvalue weighted by Gasteiger charge is 2.16. The molecule has 0 atom stereocenters. The molecule has 0 aliphatic heterocycles. The van der Waals surface area contributed by atoms with Gasteiger partial charge in [-0.1, -0.05) is 11.6 Å². The highest BCUT2D eigenvalue weighted by molar-refractivity contribution is 8.13. The minimum Gasteiger partial charge on any atom is -0.308 e. The van der Waals surface area contributed by atoms with E-state index in [1.54, 1.807) is 6.92 Å². The van der Waals surface area contributed by atoms with Crippen LogP contribution in [0.5, 0.6) is 0 Å². The summed E-state index contributed by atoms with van der Waals surface area (Å²) in [6.07, 6.45) is 0. The monoisotopic (exact) mass is 403 g/mol. The SMILES string of the molecule is Cc1cc(NC(=O)Nc2ccc(S(=O)(=O)Cl)c(Cl)c2)ccc1[N+](=O)[O-]. The van der Waals surface area contributed by atoms with Crippen molar-refractivity contribution in [2.45, 2.75) is 11.8 Å². The number of aryl methyl sites for hydroxylation is 1. The highest BCUT2D eigenvalue weighted by Crippen LogP contribution is 2.28. The number of amides is 2. The lowest BCUT2D eigenvalue weighted by Gasteiger charge is -2.09. The van der Waals surface area contributed by atoms with E-state index >= 15 is 0 Å². The summed E-state index contributed by atoms with van der Waals surface area (Å²) in [6, 6.07) is 7.21. The zero-order chi connectivity index (χ0) is 18.8. The van der Waals surface area contributed by atoms with Gasteiger partial charge < -0.3 is 10.6 Å². The first kappa shape index (κ1) is 19.0. The molecule has 0 aliphatic carbocycles. The third-order valence-corrected chi connectivity index (χ3v) is 4.91. The highest BCUT2D eigenvalue weighted by atomic mass is 35.7. The summed E-state index contributed by atoms with van der Waals surface area (Å²) in [6.45, 7) is 1.55. The number of halogens is 2. The van der Waals surface area contributed by atoms with Gasteiger partial charge in [-0.05, 0) is 37.3 Å². The molecule has 2 rings (SSSR count). The largest absolute Gasteiger partial charge is 0.323 e. The molecule has 8 nitrogen and oxygen atoms in total. The Hall–Kier alpha value is -2.36. The normalized spacial score (nSPS) is 11.0. The van der Waals surface area contributed by atoms with Gasteiger partial charge in [-0.25, -0.2) is 13.2 Å². The van der Waals surface area contributed by atoms with Crippen LogP contribution in [0.1, 0.15) is 5.56 Å². The molecule has 132 valence electrons. The Kier molecular flexibility index (Phi) is 5.51. The zero-order valence-electron chi connectivity index (χ0n) is 12.6. The molecule has 0 fully saturated rings. The Morgan fingerprint density at radius 1 is 1.12 bits per heavy atom. The summed E-state index contributed by atoms with van der Waals surface area (Å²) < 4.78 is 22.5. The molecule has 0 aromatic heterocycles. The van der Waals surface area contributed by atoms with E-state index < -0.39 is 20.0 Å². The number of nitro groups is 1. The lowest BCUT2D eigenvalue weighted by atomic mass is 10.2. The van der Waals surface area contributed by atoms with Crippen molar-refractivity contribution in [2.75, 3.05) is 10.6 Å². The van der Waals surface area contributed by atoms with Crippen LogP contribution in [-0.4, -0.2) is 19.4 Å². The Morgan fingerprint density at radius 2 is 1.68 bits per heavy atom. The molecule has 25 heavy (non-hydrogen) atoms. The van der Waals surface area contributed by atoms with Crippen LogP contribution in [0.4, 0.5) is 21.9 Å². The second-order valence-electron chi connectivity index (χ2n) is 4.92. The summed E-state index contributed by atoms with van der Waals surface area (Å²) in [5.74, 6) is 0. The molecular weight excluding hydrogens is 393 g/mol. The quantitative estimate of drug-likeness (QED) is 0.451. The summed E-state index contributed by atoms with van der Waals surface area (Å²) in [5.41, 5.74) is 0.926. The van der Waals surface area contributed by atoms with Gasteiger partial charge in [0.25, 0.3) is 14.7 Å². The van der Waals surface area contributed by atoms with E-state index in [4.69, 9.17) is 22.3 Å². The van der Waals surface area contributed by atoms with E-state index in [9.17, 15) is 23.3 Å². The van der Waals surface area contributed by atoms with Crippen LogP contribution in [0.15, 0.2) is 41.3 Å². The first-order valence-electron chi connectivity index (χ1n) is 6.65. The minimum absolute atomic E-state index is 0.0596. The van der Waals surface area contributed by atoms with Crippen molar-refractivity contribution < 1.29 is 18.1 Å². The Balaban J connectivity index is 2.12. The summed E-state index contributed by atoms with van der Waals surface area (Å²) in [5, 5.41) is 15.6. The molecular formula is C14H11Cl2N3O5S. The number of hydrogen-bond donors (Lipinski definition) is 2. The first-order valence-corrected chi connectivity index (χ1v) is 9.34. The van der Waals surface area contributed by atoms with Crippen molar-refractivity contribution >= 4 is 54.4 Å². The topological polar surface area (TPSA) is 118 Å². The van der Waals surface area contributed by atoms with Gasteiger partial charge in [0.05, 0.1) is 9.95 Å². The number of nitro benzene ring substituents is 1. The first-order chi connectivity index (χ1) is 11.6. The number of carbonyl (C=O) groups excluding carboxylic acids is 1. The van der Waals surface area contributed by atoms with Crippen LogP contribution in [0.25, 0.3) is 0 Å². The van der Waals surface area contributed by atoms with Gasteiger partial charge in [-0.2, -0.15) is 0 Å². The van der Waals surface area contributed by atoms with Gasteiger partial charge in [0.15, 0.2) is 0 Å². The molecule has 11 heteroatoms. The number of rotatable bonds is 4. The second-order valence-corrected chi connectivity index (χ2v) is 7.86. The van der Waals surface area contributed by atoms with Crippen LogP contribution in [-0.2, 0) is 9.05 Å². The van der Waals surface area contributed by atoms with Gasteiger partial charge in [-0.3, -0.25) is 10.1 Å². The van der Waals surface area contributed by atoms with E-state index in [1.165, 1.54) is 30.3 Å². The van der Waals surface area contributed by atoms with Gasteiger partial charge in [0, 0.05) is 33.7 Å². The molecule has 0 unspecified atom stereocenters. The lowest BCUT2D eigenvalue weighted by molar-refractivity contribution is -0.385. The van der Waals surface area contributed by atoms with Crippen LogP contribution < -0.4 is 10.6 Å². The molecule has 2 N–H and O–H groups in total. The van der Waals surface area contributed by atoms with Gasteiger partial charge in [0.1, 0.15) is 4.90 Å². The molecule has 2 amide bonds. The maximum Gasteiger partial charge on any atom is 0.323 e. The number of hydrogen-bond acceptors (Lipinski definition) is 5. The average Bonchev–Trinajstić information content (AvgIpc) is 2.45. The van der Waals surface area contributed by atoms with E-state index in [0.29, 0.717) is 11.3 Å². The van der Waals surface area contributed by atoms with Crippen molar-refractivity contribution in [2.24, 2.45) is 0 Å². The fraction of sp³-hybridized carbons (Fsp3) is 0.0714. The average molecular weight is 404 g/mol. The third kappa shape index (κ3) is 4.81. The molecule has 0 saturated carbocycles. The number of benzene rings is 2. The van der Waals surface area contributed by atoms with Crippen LogP contribution in [0.2, 0.25) is 5.02 Å². The van der Waals surface area contributed by atoms with E-state index in [2.05, 4.69) is 10.6 Å². The lowest BCUT2D eigenvalue weighted by Crippen LogP contribution is -2.19. The molecule has 0 spiro atoms. The molecule has 0 heterocycles. The van der Waals surface area contributed by atoms with Crippen LogP contribution in [0, 0.1) is 17.0 Å². The van der Waals surface area contributed by atoms with Gasteiger partial charge >= 0.3 is 6.03 Å². The predicted molar refractivity (Wildman–Crippen MR) is 95.0 cm³/mol. The Bertz CT molecular complexity index is 963. The molecule has 0 saturated heterocycles. The fourth-order valence-electron chi connectivity index (χ4n) is 2.01. The van der Waals surface area contributed by atoms with E-state index in [1.807, 2.05) is 0 Å². The van der Waals surface area contributed by atoms with E-state index in [0.717, 1.165) is 6.07 Å². The molecule has 2 aromatic carbocycles. The second kappa shape index (κ2) is 7.26. The summed E-state index contributed by atoms with van der Waals surface area (Å²) in [7, 11) is 1.23. The zero-order valence-corrected chi connectivity index (χ0v) is 14.9. The maximum absolute atomic E-state index is 12.0. The number of urea groups is 1. The number of nitrogens with one attached hydrogen (secondary N) is 2. The number of carbonyl (C=O) groups is 1. The van der Waals surface area contributed by atoms with Gasteiger partial charge in [0.2, 0.25) is 0 Å². The molecule has 0 radical (unpaired) electrons. The van der Waals surface area contributed by atoms with Crippen molar-refractivity contribution in [1.29, 1.82) is 0 Å². The number of nitrogens with zero attached hydrogens (tertiary/aromatic N) is 1. The maximum atomic E-state index is 12.0. The van der Waals surface area contributed by atoms with Crippen molar-refractivity contribution in [3.63, 3.8) is 0 Å². The smallest absolute Gasteiger partial charge is 0.308 e. The predicted octanol–water partition coefficient (Wildman–Crippen LogP) is 4.13. The standard InChI is InChI=1S/C14H11Cl2N3O5S/c1-8-6-9(2-4-12(8)19(21)22)17-14(20)18-10-3-5-13(11(15)7-10)25(16,23)24/h2-7H,1H3,(H2,17,18,20). The van der Waals surface area contributed by atoms with Crippen LogP contribution in [0.3, 0.4) is 0 Å². The van der Waals surface area contributed by atoms with Crippen molar-refractivity contribution in [3.8, 4) is 0 Å². The Labute approximate surface area is 152 Å². The molecule has 2 aromatic rings. The fourth-order valence-corrected chi connectivity index (χ4v) is 3.54. The van der Waals surface area contributed by atoms with Crippen molar-refractivity contribution in [1.82, 2.24) is 0 Å². The Morgan fingerprint density at radius 3 is 2.16 bits per heavy atom. The summed E-state index contributed by atoms with van der Waals surface area (Å²) in [4.78, 5) is 21.9. The van der Waals surface area contributed by atoms with Crippen molar-refractivity contribution in [3.05, 3.63) is 57.1 Å². The van der Waals surface area contributed by atoms with Gasteiger partial charge in [-0.15, -0.1) is 0 Å². The third-order valence-electron chi connectivity index (χ3n) is 3.10.